The van der Waals surface area contributed by atoms with Gasteiger partial charge in [0.05, 0.1) is 18.2 Å². The van der Waals surface area contributed by atoms with Gasteiger partial charge in [0.25, 0.3) is 0 Å². The molecule has 0 fully saturated rings. The zero-order valence-electron chi connectivity index (χ0n) is 16.5. The molecule has 1 unspecified atom stereocenters. The predicted octanol–water partition coefficient (Wildman–Crippen LogP) is 6.84. The van der Waals surface area contributed by atoms with E-state index in [0.29, 0.717) is 22.8 Å². The zero-order chi connectivity index (χ0) is 19.2. The molecule has 3 aromatic carbocycles. The van der Waals surface area contributed by atoms with Crippen molar-refractivity contribution in [1.29, 1.82) is 0 Å². The Morgan fingerprint density at radius 2 is 1.76 bits per heavy atom. The molecule has 0 saturated carbocycles. The molecular formula is C23H23ClFNO2Y-2. The summed E-state index contributed by atoms with van der Waals surface area (Å²) >= 11 is 6.39. The summed E-state index contributed by atoms with van der Waals surface area (Å²) < 4.78 is 25.4. The Morgan fingerprint density at radius 1 is 1.03 bits per heavy atom. The van der Waals surface area contributed by atoms with Gasteiger partial charge in [0.15, 0.2) is 0 Å². The molecule has 3 rings (SSSR count). The molecule has 0 heterocycles. The maximum Gasteiger partial charge on any atom is 0.109 e. The fourth-order valence-corrected chi connectivity index (χ4v) is 3.15. The summed E-state index contributed by atoms with van der Waals surface area (Å²) in [6.07, 6.45) is 0. The van der Waals surface area contributed by atoms with Crippen LogP contribution in [0.2, 0.25) is 5.02 Å². The smallest absolute Gasteiger partial charge is 0.109 e. The van der Waals surface area contributed by atoms with Gasteiger partial charge >= 0.3 is 0 Å². The third-order valence-corrected chi connectivity index (χ3v) is 4.83. The van der Waals surface area contributed by atoms with E-state index < -0.39 is 5.82 Å². The van der Waals surface area contributed by atoms with Crippen LogP contribution in [0.3, 0.4) is 0 Å². The Bertz CT molecular complexity index is 909. The van der Waals surface area contributed by atoms with Crippen molar-refractivity contribution < 1.29 is 46.6 Å². The van der Waals surface area contributed by atoms with Gasteiger partial charge in [-0.15, -0.1) is 17.7 Å². The van der Waals surface area contributed by atoms with E-state index in [9.17, 15) is 4.39 Å². The van der Waals surface area contributed by atoms with Crippen molar-refractivity contribution in [3.8, 4) is 16.9 Å². The number of hydrogen-bond acceptors (Lipinski definition) is 2. The molecule has 0 saturated heterocycles. The summed E-state index contributed by atoms with van der Waals surface area (Å²) in [5.74, 6) is -0.148. The van der Waals surface area contributed by atoms with Crippen LogP contribution in [0.15, 0.2) is 60.7 Å². The molecule has 0 aliphatic heterocycles. The summed E-state index contributed by atoms with van der Waals surface area (Å²) in [7, 11) is 1.57. The van der Waals surface area contributed by atoms with Crippen LogP contribution < -0.4 is 4.74 Å². The summed E-state index contributed by atoms with van der Waals surface area (Å²) in [5, 5.41) is 0.475. The molecule has 0 bridgehead atoms. The average molecular weight is 489 g/mol. The van der Waals surface area contributed by atoms with E-state index >= 15 is 0 Å². The third kappa shape index (κ3) is 6.34. The molecule has 29 heavy (non-hydrogen) atoms. The van der Waals surface area contributed by atoms with Gasteiger partial charge in [-0.1, -0.05) is 78.7 Å². The van der Waals surface area contributed by atoms with Crippen LogP contribution in [-0.4, -0.2) is 20.3 Å². The number of halogens is 2. The van der Waals surface area contributed by atoms with Gasteiger partial charge < -0.3 is 15.6 Å². The number of hydrogen-bond donors (Lipinski definition) is 0. The molecule has 6 heteroatoms. The van der Waals surface area contributed by atoms with Crippen LogP contribution in [0.1, 0.15) is 24.0 Å². The van der Waals surface area contributed by atoms with Gasteiger partial charge in [-0.2, -0.15) is 0 Å². The predicted molar refractivity (Wildman–Crippen MR) is 112 cm³/mol. The van der Waals surface area contributed by atoms with Crippen LogP contribution in [0.4, 0.5) is 4.39 Å². The molecule has 0 amide bonds. The summed E-state index contributed by atoms with van der Waals surface area (Å²) in [6, 6.07) is 22.0. The first-order chi connectivity index (χ1) is 13.1. The van der Waals surface area contributed by atoms with Crippen molar-refractivity contribution in [2.24, 2.45) is 0 Å². The Kier molecular flexibility index (Phi) is 11.0. The first kappa shape index (κ1) is 25.7. The van der Waals surface area contributed by atoms with Gasteiger partial charge in [-0.05, 0) is 11.1 Å². The van der Waals surface area contributed by atoms with Crippen molar-refractivity contribution in [2.75, 3.05) is 20.3 Å². The Morgan fingerprint density at radius 3 is 2.45 bits per heavy atom. The molecule has 3 nitrogen and oxygen atoms in total. The molecule has 151 valence electrons. The monoisotopic (exact) mass is 488 g/mol. The average Bonchev–Trinajstić information content (AvgIpc) is 2.70. The number of rotatable bonds is 7. The topological polar surface area (TPSA) is 52.0 Å². The molecule has 1 radical (unpaired) electrons. The van der Waals surface area contributed by atoms with Crippen LogP contribution in [0, 0.1) is 11.9 Å². The van der Waals surface area contributed by atoms with Crippen molar-refractivity contribution in [3.63, 3.8) is 0 Å². The Hall–Kier alpha value is -1.30. The Balaban J connectivity index is 0.00000210. The minimum Gasteiger partial charge on any atom is -0.693 e. The molecular weight excluding hydrogens is 466 g/mol. The first-order valence-corrected chi connectivity index (χ1v) is 9.16. The van der Waals surface area contributed by atoms with Crippen LogP contribution in [0.5, 0.6) is 5.75 Å². The van der Waals surface area contributed by atoms with Crippen LogP contribution >= 0.6 is 11.6 Å². The van der Waals surface area contributed by atoms with E-state index in [4.69, 9.17) is 21.1 Å². The maximum absolute atomic E-state index is 15.0. The standard InChI is InChI=1S/C23H21ClFO2.H2N.Y/c1-16(17-7-4-3-5-8-17)18-11-12-21(24)20(15-18)19-9-6-10-22(23(19)25)27-14-13-26-2;;/h3-8,10-12,15-16H,13-14H2,1-2H3;1H2;/q2*-1;. The van der Waals surface area contributed by atoms with Crippen molar-refractivity contribution in [2.45, 2.75) is 12.8 Å². The quantitative estimate of drug-likeness (QED) is 0.270. The number of methoxy groups -OCH3 is 1. The minimum atomic E-state index is -0.472. The van der Waals surface area contributed by atoms with Crippen LogP contribution in [0.25, 0.3) is 17.3 Å². The molecule has 0 aromatic heterocycles. The Labute approximate surface area is 202 Å². The van der Waals surface area contributed by atoms with Gasteiger partial charge in [-0.3, -0.25) is 4.39 Å². The summed E-state index contributed by atoms with van der Waals surface area (Å²) in [4.78, 5) is 0. The summed E-state index contributed by atoms with van der Waals surface area (Å²) in [5.41, 5.74) is 3.15. The number of ether oxygens (including phenoxy) is 2. The fraction of sp³-hybridized carbons (Fsp3) is 0.217. The van der Waals surface area contributed by atoms with Crippen molar-refractivity contribution >= 4 is 11.6 Å². The van der Waals surface area contributed by atoms with Crippen molar-refractivity contribution in [1.82, 2.24) is 0 Å². The minimum absolute atomic E-state index is 0. The summed E-state index contributed by atoms with van der Waals surface area (Å²) in [6.45, 7) is 2.78. The van der Waals surface area contributed by atoms with Crippen molar-refractivity contribution in [3.05, 3.63) is 94.8 Å². The second-order valence-electron chi connectivity index (χ2n) is 6.24. The molecule has 2 N–H and O–H groups in total. The van der Waals surface area contributed by atoms with E-state index in [-0.39, 0.29) is 57.1 Å². The number of benzene rings is 3. The van der Waals surface area contributed by atoms with E-state index in [1.54, 1.807) is 25.3 Å². The third-order valence-electron chi connectivity index (χ3n) is 4.50. The fourth-order valence-electron chi connectivity index (χ4n) is 2.94. The van der Waals surface area contributed by atoms with Gasteiger partial charge in [0.2, 0.25) is 0 Å². The maximum atomic E-state index is 15.0. The molecule has 3 aromatic rings. The van der Waals surface area contributed by atoms with E-state index in [1.807, 2.05) is 30.3 Å². The first-order valence-electron chi connectivity index (χ1n) is 8.78. The molecule has 0 aliphatic carbocycles. The van der Waals surface area contributed by atoms with Gasteiger partial charge in [-0.25, -0.2) is 0 Å². The van der Waals surface area contributed by atoms with Crippen LogP contribution in [-0.2, 0) is 37.4 Å². The molecule has 0 spiro atoms. The van der Waals surface area contributed by atoms with Gasteiger partial charge in [0, 0.05) is 50.8 Å². The second-order valence-corrected chi connectivity index (χ2v) is 6.65. The van der Waals surface area contributed by atoms with E-state index in [0.717, 1.165) is 5.56 Å². The van der Waals surface area contributed by atoms with Gasteiger partial charge in [0.1, 0.15) is 6.61 Å². The molecule has 1 atom stereocenters. The second kappa shape index (κ2) is 12.4. The van der Waals surface area contributed by atoms with E-state index in [1.165, 1.54) is 5.56 Å². The normalized spacial score (nSPS) is 11.2. The largest absolute Gasteiger partial charge is 0.693 e. The van der Waals surface area contributed by atoms with E-state index in [2.05, 4.69) is 25.1 Å². The SMILES string of the molecule is COCCOc1cc[c-]c(-c2cc(C(C)c3ccccc3)ccc2Cl)c1F.[NH2-].[Y]. The number of nitrogens with two attached hydrogens (primary N) is 1. The molecule has 0 aliphatic rings. The zero-order valence-corrected chi connectivity index (χ0v) is 20.1.